The molecule has 2 heterocycles. The maximum absolute atomic E-state index is 11.9. The van der Waals surface area contributed by atoms with Gasteiger partial charge >= 0.3 is 5.97 Å². The van der Waals surface area contributed by atoms with Crippen LogP contribution in [0.15, 0.2) is 29.4 Å². The van der Waals surface area contributed by atoms with E-state index in [0.717, 1.165) is 24.1 Å². The lowest BCUT2D eigenvalue weighted by Crippen LogP contribution is -2.40. The molecule has 2 atom stereocenters. The number of fused-ring (bicyclic) bond motifs is 2. The van der Waals surface area contributed by atoms with Crippen LogP contribution in [0.1, 0.15) is 31.2 Å². The van der Waals surface area contributed by atoms with Gasteiger partial charge in [0.1, 0.15) is 0 Å². The number of rotatable bonds is 5. The van der Waals surface area contributed by atoms with Crippen LogP contribution in [0.25, 0.3) is 6.08 Å². The Kier molecular flexibility index (Phi) is 5.38. The lowest BCUT2D eigenvalue weighted by Gasteiger charge is -2.31. The van der Waals surface area contributed by atoms with Crippen molar-refractivity contribution < 1.29 is 19.1 Å². The third-order valence-corrected chi connectivity index (χ3v) is 5.01. The van der Waals surface area contributed by atoms with Gasteiger partial charge in [-0.2, -0.15) is 0 Å². The number of nitrogens with zero attached hydrogens (tertiary/aromatic N) is 2. The Balaban J connectivity index is 1.57. The number of methoxy groups -OCH3 is 2. The second kappa shape index (κ2) is 7.70. The van der Waals surface area contributed by atoms with Crippen LogP contribution in [-0.4, -0.2) is 49.9 Å². The van der Waals surface area contributed by atoms with E-state index in [2.05, 4.69) is 17.1 Å². The van der Waals surface area contributed by atoms with Gasteiger partial charge in [0.25, 0.3) is 0 Å². The molecule has 0 N–H and O–H groups in total. The van der Waals surface area contributed by atoms with Gasteiger partial charge in [-0.1, -0.05) is 11.2 Å². The summed E-state index contributed by atoms with van der Waals surface area (Å²) in [5.41, 5.74) is 1.80. The van der Waals surface area contributed by atoms with Gasteiger partial charge in [0.05, 0.1) is 19.9 Å². The Hall–Kier alpha value is -2.34. The molecule has 134 valence electrons. The van der Waals surface area contributed by atoms with Crippen LogP contribution < -0.4 is 9.47 Å². The third-order valence-electron chi connectivity index (χ3n) is 5.01. The number of carbonyl (C=O) groups excluding carboxylic acids is 1. The van der Waals surface area contributed by atoms with Gasteiger partial charge in [0.2, 0.25) is 0 Å². The number of oxime groups is 1. The van der Waals surface area contributed by atoms with Crippen molar-refractivity contribution >= 4 is 17.8 Å². The molecule has 6 heteroatoms. The van der Waals surface area contributed by atoms with Gasteiger partial charge in [-0.05, 0) is 43.7 Å². The summed E-state index contributed by atoms with van der Waals surface area (Å²) in [6.45, 7) is 0. The van der Waals surface area contributed by atoms with E-state index in [4.69, 9.17) is 14.3 Å². The molecule has 2 aliphatic rings. The molecule has 0 aliphatic carbocycles. The summed E-state index contributed by atoms with van der Waals surface area (Å²) in [5, 5.41) is 4.08. The lowest BCUT2D eigenvalue weighted by atomic mass is 10.0. The highest BCUT2D eigenvalue weighted by Crippen LogP contribution is 2.32. The van der Waals surface area contributed by atoms with Gasteiger partial charge < -0.3 is 14.3 Å². The molecule has 2 fully saturated rings. The Morgan fingerprint density at radius 1 is 1.16 bits per heavy atom. The number of benzene rings is 1. The van der Waals surface area contributed by atoms with E-state index in [0.29, 0.717) is 23.6 Å². The maximum atomic E-state index is 11.9. The average molecular weight is 344 g/mol. The molecule has 0 spiro atoms. The normalized spacial score (nSPS) is 22.9. The summed E-state index contributed by atoms with van der Waals surface area (Å²) in [5.74, 6) is 0.777. The van der Waals surface area contributed by atoms with E-state index >= 15 is 0 Å². The highest BCUT2D eigenvalue weighted by molar-refractivity contribution is 5.90. The minimum absolute atomic E-state index is 0.478. The molecular weight excluding hydrogens is 320 g/mol. The quantitative estimate of drug-likeness (QED) is 0.467. The van der Waals surface area contributed by atoms with E-state index < -0.39 is 5.97 Å². The van der Waals surface area contributed by atoms with E-state index in [-0.39, 0.29) is 0 Å². The highest BCUT2D eigenvalue weighted by Gasteiger charge is 2.36. The smallest absolute Gasteiger partial charge is 0.358 e. The minimum Gasteiger partial charge on any atom is -0.493 e. The van der Waals surface area contributed by atoms with E-state index in [1.165, 1.54) is 18.9 Å². The summed E-state index contributed by atoms with van der Waals surface area (Å²) in [6.07, 6.45) is 7.22. The lowest BCUT2D eigenvalue weighted by molar-refractivity contribution is -0.137. The maximum Gasteiger partial charge on any atom is 0.358 e. The average Bonchev–Trinajstić information content (AvgIpc) is 2.85. The molecule has 0 saturated carbocycles. The van der Waals surface area contributed by atoms with Crippen LogP contribution in [0, 0.1) is 0 Å². The zero-order valence-electron chi connectivity index (χ0n) is 14.9. The number of piperidine rings is 1. The van der Waals surface area contributed by atoms with Gasteiger partial charge in [-0.3, -0.25) is 4.90 Å². The van der Waals surface area contributed by atoms with E-state index in [1.54, 1.807) is 32.4 Å². The fourth-order valence-electron chi connectivity index (χ4n) is 3.54. The number of ether oxygens (including phenoxy) is 2. The predicted octanol–water partition coefficient (Wildman–Crippen LogP) is 2.87. The molecule has 2 bridgehead atoms. The molecule has 0 radical (unpaired) electrons. The van der Waals surface area contributed by atoms with Crippen LogP contribution in [0.3, 0.4) is 0 Å². The van der Waals surface area contributed by atoms with E-state index in [1.807, 2.05) is 6.07 Å². The van der Waals surface area contributed by atoms with Crippen molar-refractivity contribution in [2.24, 2.45) is 5.16 Å². The van der Waals surface area contributed by atoms with Gasteiger partial charge in [-0.25, -0.2) is 4.79 Å². The van der Waals surface area contributed by atoms with Crippen molar-refractivity contribution in [1.82, 2.24) is 4.90 Å². The SMILES string of the molecule is COc1ccc(C=CC(=O)ON=C2CC3CCC(C2)N3C)cc1OC. The van der Waals surface area contributed by atoms with Crippen molar-refractivity contribution in [2.45, 2.75) is 37.8 Å². The molecule has 2 unspecified atom stereocenters. The molecule has 1 aromatic carbocycles. The molecule has 2 saturated heterocycles. The molecule has 2 aliphatic heterocycles. The van der Waals surface area contributed by atoms with Crippen molar-refractivity contribution in [1.29, 1.82) is 0 Å². The van der Waals surface area contributed by atoms with Crippen LogP contribution in [0.2, 0.25) is 0 Å². The number of hydrogen-bond donors (Lipinski definition) is 0. The van der Waals surface area contributed by atoms with Crippen molar-refractivity contribution in [3.8, 4) is 11.5 Å². The highest BCUT2D eigenvalue weighted by atomic mass is 16.7. The van der Waals surface area contributed by atoms with Crippen molar-refractivity contribution in [3.63, 3.8) is 0 Å². The Morgan fingerprint density at radius 3 is 2.48 bits per heavy atom. The fraction of sp³-hybridized carbons (Fsp3) is 0.474. The summed E-state index contributed by atoms with van der Waals surface area (Å²) >= 11 is 0. The summed E-state index contributed by atoms with van der Waals surface area (Å²) < 4.78 is 10.4. The first kappa shape index (κ1) is 17.5. The zero-order chi connectivity index (χ0) is 17.8. The second-order valence-corrected chi connectivity index (χ2v) is 6.47. The molecule has 1 aromatic rings. The van der Waals surface area contributed by atoms with Crippen molar-refractivity contribution in [3.05, 3.63) is 29.8 Å². The second-order valence-electron chi connectivity index (χ2n) is 6.47. The molecule has 0 amide bonds. The monoisotopic (exact) mass is 344 g/mol. The fourth-order valence-corrected chi connectivity index (χ4v) is 3.54. The first-order chi connectivity index (χ1) is 12.1. The summed E-state index contributed by atoms with van der Waals surface area (Å²) in [6, 6.07) is 6.50. The Bertz CT molecular complexity index is 683. The van der Waals surface area contributed by atoms with Crippen LogP contribution in [0.4, 0.5) is 0 Å². The van der Waals surface area contributed by atoms with Crippen LogP contribution in [0.5, 0.6) is 11.5 Å². The minimum atomic E-state index is -0.478. The number of hydrogen-bond acceptors (Lipinski definition) is 6. The van der Waals surface area contributed by atoms with Crippen molar-refractivity contribution in [2.75, 3.05) is 21.3 Å². The molecule has 0 aromatic heterocycles. The first-order valence-electron chi connectivity index (χ1n) is 8.49. The first-order valence-corrected chi connectivity index (χ1v) is 8.49. The van der Waals surface area contributed by atoms with Gasteiger partial charge in [-0.15, -0.1) is 0 Å². The van der Waals surface area contributed by atoms with Crippen LogP contribution in [-0.2, 0) is 9.63 Å². The molecule has 25 heavy (non-hydrogen) atoms. The Labute approximate surface area is 148 Å². The zero-order valence-corrected chi connectivity index (χ0v) is 14.9. The number of carbonyl (C=O) groups is 1. The Morgan fingerprint density at radius 2 is 1.84 bits per heavy atom. The molecule has 6 nitrogen and oxygen atoms in total. The summed E-state index contributed by atoms with van der Waals surface area (Å²) in [7, 11) is 5.32. The topological polar surface area (TPSA) is 60.4 Å². The van der Waals surface area contributed by atoms with Gasteiger partial charge in [0.15, 0.2) is 11.5 Å². The predicted molar refractivity (Wildman–Crippen MR) is 95.9 cm³/mol. The largest absolute Gasteiger partial charge is 0.493 e. The van der Waals surface area contributed by atoms with E-state index in [9.17, 15) is 4.79 Å². The molecular formula is C19H24N2O4. The summed E-state index contributed by atoms with van der Waals surface area (Å²) in [4.78, 5) is 19.4. The molecule has 3 rings (SSSR count). The standard InChI is InChI=1S/C19H24N2O4/c1-21-15-6-7-16(21)12-14(11-15)20-25-19(22)9-5-13-4-8-17(23-2)18(10-13)24-3/h4-5,8-10,15-16H,6-7,11-12H2,1-3H3. The van der Waals surface area contributed by atoms with Crippen LogP contribution >= 0.6 is 0 Å². The third kappa shape index (κ3) is 4.02. The van der Waals surface area contributed by atoms with Gasteiger partial charge in [0, 0.05) is 31.0 Å².